The zero-order chi connectivity index (χ0) is 14.8. The van der Waals surface area contributed by atoms with Gasteiger partial charge in [-0.15, -0.1) is 0 Å². The highest BCUT2D eigenvalue weighted by molar-refractivity contribution is 6.00. The Hall–Kier alpha value is -2.89. The number of carbonyl (C=O) groups is 1. The number of aromatic nitrogens is 3. The molecule has 0 amide bonds. The first-order valence-corrected chi connectivity index (χ1v) is 6.35. The minimum atomic E-state index is -1.03. The van der Waals surface area contributed by atoms with Crippen LogP contribution in [0.5, 0.6) is 5.75 Å². The molecule has 0 unspecified atom stereocenters. The minimum absolute atomic E-state index is 0.112. The Kier molecular flexibility index (Phi) is 3.27. The van der Waals surface area contributed by atoms with Gasteiger partial charge in [0.25, 0.3) is 0 Å². The standard InChI is InChI=1S/C15H13N3O3/c1-21-12-4-2-10(3-5-12)8-18-9-11-6-16-7-13(15(19)20)14(11)17-18/h2-7,9H,8H2,1H3,(H,19,20). The summed E-state index contributed by atoms with van der Waals surface area (Å²) in [7, 11) is 1.62. The quantitative estimate of drug-likeness (QED) is 0.794. The van der Waals surface area contributed by atoms with Gasteiger partial charge in [0.15, 0.2) is 0 Å². The molecule has 0 radical (unpaired) electrons. The molecule has 0 aliphatic rings. The SMILES string of the molecule is COc1ccc(Cn2cc3cncc(C(=O)O)c3n2)cc1. The molecule has 0 fully saturated rings. The Morgan fingerprint density at radius 2 is 2.05 bits per heavy atom. The van der Waals surface area contributed by atoms with Crippen molar-refractivity contribution < 1.29 is 14.6 Å². The minimum Gasteiger partial charge on any atom is -0.497 e. The van der Waals surface area contributed by atoms with Gasteiger partial charge in [0, 0.05) is 24.0 Å². The molecule has 6 nitrogen and oxygen atoms in total. The van der Waals surface area contributed by atoms with Crippen LogP contribution in [-0.4, -0.2) is 33.0 Å². The summed E-state index contributed by atoms with van der Waals surface area (Å²) in [6, 6.07) is 7.65. The van der Waals surface area contributed by atoms with Crippen molar-refractivity contribution >= 4 is 16.9 Å². The highest BCUT2D eigenvalue weighted by Crippen LogP contribution is 2.17. The van der Waals surface area contributed by atoms with Crippen LogP contribution < -0.4 is 4.74 Å². The number of hydrogen-bond acceptors (Lipinski definition) is 4. The van der Waals surface area contributed by atoms with E-state index in [9.17, 15) is 4.79 Å². The monoisotopic (exact) mass is 283 g/mol. The molecule has 0 saturated carbocycles. The first kappa shape index (κ1) is 13.1. The van der Waals surface area contributed by atoms with Gasteiger partial charge in [-0.25, -0.2) is 4.79 Å². The van der Waals surface area contributed by atoms with Gasteiger partial charge in [-0.3, -0.25) is 9.67 Å². The summed E-state index contributed by atoms with van der Waals surface area (Å²) in [4.78, 5) is 15.1. The lowest BCUT2D eigenvalue weighted by atomic mass is 10.2. The van der Waals surface area contributed by atoms with Crippen LogP contribution in [0, 0.1) is 0 Å². The molecule has 21 heavy (non-hydrogen) atoms. The molecule has 3 aromatic rings. The predicted molar refractivity (Wildman–Crippen MR) is 76.6 cm³/mol. The Bertz CT molecular complexity index is 794. The van der Waals surface area contributed by atoms with Crippen molar-refractivity contribution in [3.63, 3.8) is 0 Å². The van der Waals surface area contributed by atoms with E-state index in [1.807, 2.05) is 24.3 Å². The normalized spacial score (nSPS) is 10.7. The molecule has 1 aromatic carbocycles. The number of fused-ring (bicyclic) bond motifs is 1. The van der Waals surface area contributed by atoms with Gasteiger partial charge in [-0.1, -0.05) is 12.1 Å². The Labute approximate surface area is 120 Å². The van der Waals surface area contributed by atoms with Gasteiger partial charge >= 0.3 is 5.97 Å². The molecule has 0 aliphatic heterocycles. The largest absolute Gasteiger partial charge is 0.497 e. The van der Waals surface area contributed by atoms with Crippen molar-refractivity contribution in [3.8, 4) is 5.75 Å². The van der Waals surface area contributed by atoms with Crippen molar-refractivity contribution in [1.29, 1.82) is 0 Å². The third kappa shape index (κ3) is 2.55. The highest BCUT2D eigenvalue weighted by Gasteiger charge is 2.12. The molecule has 0 atom stereocenters. The van der Waals surface area contributed by atoms with Gasteiger partial charge in [-0.05, 0) is 17.7 Å². The maximum atomic E-state index is 11.1. The molecule has 106 valence electrons. The molecule has 1 N–H and O–H groups in total. The molecule has 6 heteroatoms. The Balaban J connectivity index is 1.93. The average Bonchev–Trinajstić information content (AvgIpc) is 2.89. The van der Waals surface area contributed by atoms with E-state index < -0.39 is 5.97 Å². The van der Waals surface area contributed by atoms with E-state index >= 15 is 0 Å². The summed E-state index contributed by atoms with van der Waals surface area (Å²) >= 11 is 0. The zero-order valence-corrected chi connectivity index (χ0v) is 11.4. The maximum Gasteiger partial charge on any atom is 0.339 e. The number of hydrogen-bond donors (Lipinski definition) is 1. The van der Waals surface area contributed by atoms with Crippen molar-refractivity contribution in [1.82, 2.24) is 14.8 Å². The third-order valence-corrected chi connectivity index (χ3v) is 3.20. The second-order valence-corrected chi connectivity index (χ2v) is 4.60. The molecule has 2 aromatic heterocycles. The fraction of sp³-hybridized carbons (Fsp3) is 0.133. The van der Waals surface area contributed by atoms with Gasteiger partial charge in [0.2, 0.25) is 0 Å². The molecule has 0 saturated heterocycles. The van der Waals surface area contributed by atoms with E-state index in [4.69, 9.17) is 9.84 Å². The smallest absolute Gasteiger partial charge is 0.339 e. The number of methoxy groups -OCH3 is 1. The molecule has 0 bridgehead atoms. The lowest BCUT2D eigenvalue weighted by Crippen LogP contribution is -2.01. The number of rotatable bonds is 4. The maximum absolute atomic E-state index is 11.1. The molecule has 0 spiro atoms. The third-order valence-electron chi connectivity index (χ3n) is 3.20. The van der Waals surface area contributed by atoms with Gasteiger partial charge in [0.05, 0.1) is 13.7 Å². The van der Waals surface area contributed by atoms with Gasteiger partial charge < -0.3 is 9.84 Å². The van der Waals surface area contributed by atoms with E-state index in [1.54, 1.807) is 24.2 Å². The van der Waals surface area contributed by atoms with Crippen LogP contribution in [-0.2, 0) is 6.54 Å². The topological polar surface area (TPSA) is 77.2 Å². The van der Waals surface area contributed by atoms with Crippen LogP contribution in [0.4, 0.5) is 0 Å². The Morgan fingerprint density at radius 1 is 1.29 bits per heavy atom. The van der Waals surface area contributed by atoms with Gasteiger partial charge in [-0.2, -0.15) is 5.10 Å². The summed E-state index contributed by atoms with van der Waals surface area (Å²) in [6.45, 7) is 0.553. The number of carboxylic acids is 1. The second-order valence-electron chi connectivity index (χ2n) is 4.60. The number of ether oxygens (including phenoxy) is 1. The summed E-state index contributed by atoms with van der Waals surface area (Å²) in [5, 5.41) is 14.2. The number of pyridine rings is 1. The number of aromatic carboxylic acids is 1. The number of carboxylic acid groups (broad SMARTS) is 1. The predicted octanol–water partition coefficient (Wildman–Crippen LogP) is 2.19. The zero-order valence-electron chi connectivity index (χ0n) is 11.4. The van der Waals surface area contributed by atoms with E-state index in [-0.39, 0.29) is 5.56 Å². The Morgan fingerprint density at radius 3 is 2.71 bits per heavy atom. The summed E-state index contributed by atoms with van der Waals surface area (Å²) < 4.78 is 6.82. The fourth-order valence-corrected chi connectivity index (χ4v) is 2.15. The highest BCUT2D eigenvalue weighted by atomic mass is 16.5. The molecule has 0 aliphatic carbocycles. The molecular formula is C15H13N3O3. The average molecular weight is 283 g/mol. The lowest BCUT2D eigenvalue weighted by molar-refractivity contribution is 0.0698. The second kappa shape index (κ2) is 5.24. The van der Waals surface area contributed by atoms with E-state index in [1.165, 1.54) is 6.20 Å². The first-order chi connectivity index (χ1) is 10.2. The van der Waals surface area contributed by atoms with Crippen molar-refractivity contribution in [2.75, 3.05) is 7.11 Å². The van der Waals surface area contributed by atoms with Crippen LogP contribution in [0.3, 0.4) is 0 Å². The van der Waals surface area contributed by atoms with Crippen LogP contribution in [0.25, 0.3) is 10.9 Å². The van der Waals surface area contributed by atoms with E-state index in [0.717, 1.165) is 11.3 Å². The molecular weight excluding hydrogens is 270 g/mol. The van der Waals surface area contributed by atoms with E-state index in [2.05, 4.69) is 10.1 Å². The van der Waals surface area contributed by atoms with E-state index in [0.29, 0.717) is 17.4 Å². The molecule has 2 heterocycles. The van der Waals surface area contributed by atoms with Crippen molar-refractivity contribution in [3.05, 3.63) is 54.0 Å². The lowest BCUT2D eigenvalue weighted by Gasteiger charge is -2.03. The van der Waals surface area contributed by atoms with Crippen molar-refractivity contribution in [2.24, 2.45) is 0 Å². The molecule has 3 rings (SSSR count). The van der Waals surface area contributed by atoms with Crippen LogP contribution in [0.15, 0.2) is 42.9 Å². The summed E-state index contributed by atoms with van der Waals surface area (Å²) in [5.74, 6) is -0.232. The summed E-state index contributed by atoms with van der Waals surface area (Å²) in [5.41, 5.74) is 1.61. The van der Waals surface area contributed by atoms with Crippen LogP contribution in [0.1, 0.15) is 15.9 Å². The van der Waals surface area contributed by atoms with Crippen LogP contribution in [0.2, 0.25) is 0 Å². The number of nitrogens with zero attached hydrogens (tertiary/aromatic N) is 3. The number of benzene rings is 1. The first-order valence-electron chi connectivity index (χ1n) is 6.35. The van der Waals surface area contributed by atoms with Gasteiger partial charge in [0.1, 0.15) is 16.8 Å². The van der Waals surface area contributed by atoms with Crippen LogP contribution >= 0.6 is 0 Å². The fourth-order valence-electron chi connectivity index (χ4n) is 2.15. The van der Waals surface area contributed by atoms with Crippen molar-refractivity contribution in [2.45, 2.75) is 6.54 Å². The summed E-state index contributed by atoms with van der Waals surface area (Å²) in [6.07, 6.45) is 4.72.